The smallest absolute Gasteiger partial charge is 0.183 e. The van der Waals surface area contributed by atoms with E-state index in [-0.39, 0.29) is 11.4 Å². The van der Waals surface area contributed by atoms with Crippen molar-refractivity contribution in [1.82, 2.24) is 25.2 Å². The van der Waals surface area contributed by atoms with E-state index in [1.807, 2.05) is 57.1 Å². The van der Waals surface area contributed by atoms with Gasteiger partial charge in [0.1, 0.15) is 34.9 Å². The molecule has 0 spiro atoms. The summed E-state index contributed by atoms with van der Waals surface area (Å²) in [4.78, 5) is 25.6. The van der Waals surface area contributed by atoms with Gasteiger partial charge in [-0.3, -0.25) is 9.69 Å². The molecule has 3 aromatic rings. The molecular weight excluding hydrogens is 494 g/mol. The molecule has 2 aromatic heterocycles. The summed E-state index contributed by atoms with van der Waals surface area (Å²) in [7, 11) is 3.59. The lowest BCUT2D eigenvalue weighted by Crippen LogP contribution is -2.27. The molecule has 0 bridgehead atoms. The van der Waals surface area contributed by atoms with Crippen LogP contribution in [0.2, 0.25) is 0 Å². The van der Waals surface area contributed by atoms with Crippen LogP contribution in [0.4, 0.5) is 17.2 Å². The number of H-pyrrole nitrogens is 1. The van der Waals surface area contributed by atoms with Gasteiger partial charge >= 0.3 is 0 Å². The van der Waals surface area contributed by atoms with E-state index in [0.717, 1.165) is 65.5 Å². The van der Waals surface area contributed by atoms with Gasteiger partial charge < -0.3 is 30.4 Å². The first kappa shape index (κ1) is 29.8. The molecule has 0 radical (unpaired) electrons. The third-order valence-corrected chi connectivity index (χ3v) is 5.72. The number of benzene rings is 1. The van der Waals surface area contributed by atoms with E-state index in [1.54, 1.807) is 14.0 Å². The van der Waals surface area contributed by atoms with Crippen molar-refractivity contribution in [3.8, 4) is 5.75 Å². The van der Waals surface area contributed by atoms with Crippen LogP contribution in [-0.2, 0) is 16.1 Å². The summed E-state index contributed by atoms with van der Waals surface area (Å²) in [6.07, 6.45) is 7.32. The van der Waals surface area contributed by atoms with Crippen LogP contribution in [0.25, 0.3) is 11.0 Å². The number of Topliss-reactive ketones (excluding diaryl/α,β-unsaturated/α-hetero) is 1. The molecule has 39 heavy (non-hydrogen) atoms. The van der Waals surface area contributed by atoms with Crippen LogP contribution < -0.4 is 20.7 Å². The van der Waals surface area contributed by atoms with Crippen molar-refractivity contribution < 1.29 is 14.3 Å². The van der Waals surface area contributed by atoms with Gasteiger partial charge in [0.2, 0.25) is 0 Å². The molecule has 2 heterocycles. The molecule has 4 N–H and O–H groups in total. The van der Waals surface area contributed by atoms with Gasteiger partial charge in [0, 0.05) is 31.5 Å². The van der Waals surface area contributed by atoms with E-state index in [4.69, 9.17) is 9.47 Å². The highest BCUT2D eigenvalue weighted by Gasteiger charge is 2.15. The lowest BCUT2D eigenvalue weighted by Gasteiger charge is -2.24. The van der Waals surface area contributed by atoms with Gasteiger partial charge in [0.15, 0.2) is 5.88 Å². The number of rotatable bonds is 15. The molecule has 0 amide bonds. The molecule has 0 aliphatic carbocycles. The minimum atomic E-state index is -0.242. The van der Waals surface area contributed by atoms with Crippen LogP contribution in [0.1, 0.15) is 53.0 Å². The molecule has 3 rings (SSSR count). The number of methoxy groups -OCH3 is 1. The quantitative estimate of drug-likeness (QED) is 0.153. The van der Waals surface area contributed by atoms with Crippen molar-refractivity contribution in [2.24, 2.45) is 0 Å². The summed E-state index contributed by atoms with van der Waals surface area (Å²) in [5, 5.41) is 11.2. The van der Waals surface area contributed by atoms with Gasteiger partial charge in [-0.1, -0.05) is 6.92 Å². The number of aromatic amines is 1. The Labute approximate surface area is 231 Å². The van der Waals surface area contributed by atoms with E-state index in [2.05, 4.69) is 43.9 Å². The van der Waals surface area contributed by atoms with Crippen LogP contribution in [0, 0.1) is 0 Å². The zero-order chi connectivity index (χ0) is 28.4. The van der Waals surface area contributed by atoms with Crippen LogP contribution in [0.15, 0.2) is 42.7 Å². The van der Waals surface area contributed by atoms with E-state index in [9.17, 15) is 4.79 Å². The fourth-order valence-corrected chi connectivity index (χ4v) is 4.22. The zero-order valence-corrected chi connectivity index (χ0v) is 24.3. The third-order valence-electron chi connectivity index (χ3n) is 5.72. The third kappa shape index (κ3) is 9.17. The van der Waals surface area contributed by atoms with Crippen molar-refractivity contribution in [2.45, 2.75) is 59.6 Å². The molecule has 10 nitrogen and oxygen atoms in total. The Hall–Kier alpha value is -3.79. The van der Waals surface area contributed by atoms with Gasteiger partial charge in [-0.25, -0.2) is 9.97 Å². The average molecular weight is 538 g/mol. The highest BCUT2D eigenvalue weighted by atomic mass is 16.5. The molecule has 0 atom stereocenters. The molecule has 0 fully saturated rings. The number of nitrogens with zero attached hydrogens (tertiary/aromatic N) is 3. The number of carbonyl (C=O) groups is 1. The van der Waals surface area contributed by atoms with E-state index in [1.165, 1.54) is 6.33 Å². The first-order valence-corrected chi connectivity index (χ1v) is 13.4. The standard InChI is InChI=1S/C29H43N7O3/c1-8-10-25(39-29(3,4)5)31-14-9-13-30-23-15-22(11-12-24(23)38-7)35-28-26-21(18-36(6)17-20(2)37)16-32-27(26)33-19-34-28/h10-12,15-16,19,30-31H,8-9,13-14,17-18H2,1-7H3,(H2,32,33,34,35). The van der Waals surface area contributed by atoms with Crippen molar-refractivity contribution in [3.63, 3.8) is 0 Å². The second-order valence-electron chi connectivity index (χ2n) is 10.6. The minimum absolute atomic E-state index is 0.122. The first-order valence-electron chi connectivity index (χ1n) is 13.4. The highest BCUT2D eigenvalue weighted by Crippen LogP contribution is 2.31. The Morgan fingerprint density at radius 1 is 1.21 bits per heavy atom. The topological polar surface area (TPSA) is 116 Å². The number of aromatic nitrogens is 3. The molecule has 0 saturated heterocycles. The fourth-order valence-electron chi connectivity index (χ4n) is 4.22. The normalized spacial score (nSPS) is 12.1. The molecule has 10 heteroatoms. The number of ether oxygens (including phenoxy) is 2. The fraction of sp³-hybridized carbons (Fsp3) is 0.483. The minimum Gasteiger partial charge on any atom is -0.495 e. The van der Waals surface area contributed by atoms with E-state index < -0.39 is 0 Å². The molecular formula is C29H43N7O3. The number of ketones is 1. The molecule has 0 aliphatic rings. The maximum Gasteiger partial charge on any atom is 0.183 e. The predicted octanol–water partition coefficient (Wildman–Crippen LogP) is 5.19. The molecule has 0 aliphatic heterocycles. The number of anilines is 3. The summed E-state index contributed by atoms with van der Waals surface area (Å²) < 4.78 is 11.6. The number of hydrogen-bond acceptors (Lipinski definition) is 9. The van der Waals surface area contributed by atoms with Crippen LogP contribution in [-0.4, -0.2) is 65.0 Å². The number of nitrogens with one attached hydrogen (secondary N) is 4. The highest BCUT2D eigenvalue weighted by molar-refractivity contribution is 5.92. The van der Waals surface area contributed by atoms with Crippen molar-refractivity contribution in [2.75, 3.05) is 44.4 Å². The Balaban J connectivity index is 1.67. The van der Waals surface area contributed by atoms with Gasteiger partial charge in [-0.2, -0.15) is 0 Å². The Bertz CT molecular complexity index is 1260. The average Bonchev–Trinajstić information content (AvgIpc) is 3.26. The molecule has 0 saturated carbocycles. The van der Waals surface area contributed by atoms with Crippen LogP contribution >= 0.6 is 0 Å². The summed E-state index contributed by atoms with van der Waals surface area (Å²) in [5.74, 6) is 2.40. The largest absolute Gasteiger partial charge is 0.495 e. The molecule has 0 unspecified atom stereocenters. The number of likely N-dealkylation sites (N-methyl/N-ethyl adjacent to an activating group) is 1. The van der Waals surface area contributed by atoms with Gasteiger partial charge in [0.05, 0.1) is 24.7 Å². The van der Waals surface area contributed by atoms with Gasteiger partial charge in [-0.15, -0.1) is 0 Å². The molecule has 1 aromatic carbocycles. The van der Waals surface area contributed by atoms with Gasteiger partial charge in [-0.05, 0) is 77.4 Å². The second-order valence-corrected chi connectivity index (χ2v) is 10.6. The summed E-state index contributed by atoms with van der Waals surface area (Å²) in [5.41, 5.74) is 3.27. The number of allylic oxidation sites excluding steroid dienone is 1. The number of carbonyl (C=O) groups excluding carboxylic acids is 1. The Morgan fingerprint density at radius 3 is 2.69 bits per heavy atom. The van der Waals surface area contributed by atoms with Crippen molar-refractivity contribution >= 4 is 34.0 Å². The summed E-state index contributed by atoms with van der Waals surface area (Å²) in [6.45, 7) is 12.3. The van der Waals surface area contributed by atoms with Crippen LogP contribution in [0.5, 0.6) is 5.75 Å². The van der Waals surface area contributed by atoms with E-state index >= 15 is 0 Å². The summed E-state index contributed by atoms with van der Waals surface area (Å²) in [6, 6.07) is 5.90. The van der Waals surface area contributed by atoms with Gasteiger partial charge in [0.25, 0.3) is 0 Å². The Kier molecular flexibility index (Phi) is 10.6. The first-order chi connectivity index (χ1) is 18.6. The summed E-state index contributed by atoms with van der Waals surface area (Å²) >= 11 is 0. The lowest BCUT2D eigenvalue weighted by atomic mass is 10.2. The van der Waals surface area contributed by atoms with Crippen molar-refractivity contribution in [1.29, 1.82) is 0 Å². The van der Waals surface area contributed by atoms with Crippen LogP contribution in [0.3, 0.4) is 0 Å². The monoisotopic (exact) mass is 537 g/mol. The maximum absolute atomic E-state index is 11.5. The number of hydrogen-bond donors (Lipinski definition) is 4. The lowest BCUT2D eigenvalue weighted by molar-refractivity contribution is -0.117. The second kappa shape index (κ2) is 13.8. The predicted molar refractivity (Wildman–Crippen MR) is 158 cm³/mol. The SMILES string of the molecule is CCC=C(NCCCNc1cc(Nc2ncnc3[nH]cc(CN(C)CC(C)=O)c23)ccc1OC)OC(C)(C)C. The molecule has 212 valence electrons. The Morgan fingerprint density at radius 2 is 2.00 bits per heavy atom. The number of fused-ring (bicyclic) bond motifs is 1. The maximum atomic E-state index is 11.5. The van der Waals surface area contributed by atoms with Crippen molar-refractivity contribution in [3.05, 3.63) is 48.2 Å². The zero-order valence-electron chi connectivity index (χ0n) is 24.3. The van der Waals surface area contributed by atoms with E-state index in [0.29, 0.717) is 18.9 Å².